The lowest BCUT2D eigenvalue weighted by molar-refractivity contribution is -0.126. The molecule has 5 heteroatoms. The van der Waals surface area contributed by atoms with Gasteiger partial charge in [-0.3, -0.25) is 9.69 Å². The van der Waals surface area contributed by atoms with E-state index in [2.05, 4.69) is 5.32 Å². The minimum atomic E-state index is -0.676. The number of benzene rings is 2. The van der Waals surface area contributed by atoms with Crippen molar-refractivity contribution in [3.63, 3.8) is 0 Å². The molecule has 2 aromatic rings. The Morgan fingerprint density at radius 1 is 1.08 bits per heavy atom. The molecular formula is C21H24N2O3. The molecule has 0 spiro atoms. The number of nitrogens with one attached hydrogen (secondary N) is 1. The lowest BCUT2D eigenvalue weighted by Gasteiger charge is -2.28. The highest BCUT2D eigenvalue weighted by Gasteiger charge is 2.40. The molecule has 26 heavy (non-hydrogen) atoms. The van der Waals surface area contributed by atoms with Crippen LogP contribution in [0, 0.1) is 0 Å². The average molecular weight is 352 g/mol. The highest BCUT2D eigenvalue weighted by atomic mass is 16.6. The Kier molecular flexibility index (Phi) is 4.98. The van der Waals surface area contributed by atoms with E-state index in [1.165, 1.54) is 4.90 Å². The van der Waals surface area contributed by atoms with E-state index in [-0.39, 0.29) is 5.91 Å². The molecule has 0 radical (unpaired) electrons. The van der Waals surface area contributed by atoms with Crippen LogP contribution in [0.3, 0.4) is 0 Å². The van der Waals surface area contributed by atoms with E-state index < -0.39 is 17.7 Å². The molecule has 0 fully saturated rings. The number of ether oxygens (including phenoxy) is 1. The zero-order chi connectivity index (χ0) is 18.7. The summed E-state index contributed by atoms with van der Waals surface area (Å²) in [5.41, 5.74) is 2.22. The van der Waals surface area contributed by atoms with Crippen molar-refractivity contribution in [2.24, 2.45) is 0 Å². The molecule has 0 saturated carbocycles. The summed E-state index contributed by atoms with van der Waals surface area (Å²) < 4.78 is 5.50. The summed E-state index contributed by atoms with van der Waals surface area (Å²) in [6.07, 6.45) is -0.478. The fourth-order valence-corrected chi connectivity index (χ4v) is 3.04. The van der Waals surface area contributed by atoms with Crippen LogP contribution in [0.2, 0.25) is 0 Å². The molecule has 1 unspecified atom stereocenters. The van der Waals surface area contributed by atoms with Crippen LogP contribution < -0.4 is 5.32 Å². The van der Waals surface area contributed by atoms with Gasteiger partial charge >= 0.3 is 6.09 Å². The van der Waals surface area contributed by atoms with Gasteiger partial charge in [0, 0.05) is 6.54 Å². The molecule has 1 aliphatic rings. The second-order valence-corrected chi connectivity index (χ2v) is 7.41. The van der Waals surface area contributed by atoms with Gasteiger partial charge < -0.3 is 10.1 Å². The quantitative estimate of drug-likeness (QED) is 0.914. The maximum absolute atomic E-state index is 12.9. The Morgan fingerprint density at radius 2 is 1.73 bits per heavy atom. The minimum Gasteiger partial charge on any atom is -0.444 e. The van der Waals surface area contributed by atoms with Gasteiger partial charge in [-0.1, -0.05) is 54.6 Å². The van der Waals surface area contributed by atoms with Gasteiger partial charge in [0.1, 0.15) is 11.6 Å². The molecule has 2 amide bonds. The fraction of sp³-hybridized carbons (Fsp3) is 0.333. The molecule has 0 bridgehead atoms. The molecule has 1 atom stereocenters. The van der Waals surface area contributed by atoms with Crippen LogP contribution in [-0.4, -0.2) is 22.5 Å². The van der Waals surface area contributed by atoms with E-state index >= 15 is 0 Å². The summed E-state index contributed by atoms with van der Waals surface area (Å²) >= 11 is 0. The van der Waals surface area contributed by atoms with E-state index in [9.17, 15) is 9.59 Å². The molecule has 1 aliphatic heterocycles. The number of carbonyl (C=O) groups is 2. The third kappa shape index (κ3) is 4.04. The van der Waals surface area contributed by atoms with Gasteiger partial charge in [-0.25, -0.2) is 4.79 Å². The van der Waals surface area contributed by atoms with Crippen LogP contribution in [0.25, 0.3) is 0 Å². The van der Waals surface area contributed by atoms with Gasteiger partial charge in [-0.05, 0) is 37.5 Å². The van der Waals surface area contributed by atoms with E-state index in [1.807, 2.05) is 75.4 Å². The third-order valence-corrected chi connectivity index (χ3v) is 4.19. The van der Waals surface area contributed by atoms with E-state index in [4.69, 9.17) is 4.74 Å². The third-order valence-electron chi connectivity index (χ3n) is 4.19. The molecule has 5 nitrogen and oxygen atoms in total. The molecule has 2 aromatic carbocycles. The van der Waals surface area contributed by atoms with Crippen molar-refractivity contribution in [2.45, 2.75) is 45.5 Å². The summed E-state index contributed by atoms with van der Waals surface area (Å²) in [7, 11) is 0. The maximum atomic E-state index is 12.9. The Bertz CT molecular complexity index is 796. The molecular weight excluding hydrogens is 328 g/mol. The van der Waals surface area contributed by atoms with Crippen LogP contribution in [0.1, 0.15) is 43.5 Å². The maximum Gasteiger partial charge on any atom is 0.411 e. The van der Waals surface area contributed by atoms with Crippen molar-refractivity contribution in [2.75, 3.05) is 0 Å². The molecule has 0 aromatic heterocycles. The normalized spacial score (nSPS) is 16.1. The zero-order valence-corrected chi connectivity index (χ0v) is 15.4. The molecule has 0 saturated heterocycles. The Labute approximate surface area is 154 Å². The Balaban J connectivity index is 1.79. The lowest BCUT2D eigenvalue weighted by atomic mass is 10.0. The van der Waals surface area contributed by atoms with Crippen LogP contribution in [0.5, 0.6) is 0 Å². The average Bonchev–Trinajstić information content (AvgIpc) is 2.99. The first-order valence-corrected chi connectivity index (χ1v) is 8.74. The van der Waals surface area contributed by atoms with E-state index in [0.717, 1.165) is 16.7 Å². The summed E-state index contributed by atoms with van der Waals surface area (Å²) in [6.45, 7) is 6.24. The van der Waals surface area contributed by atoms with Gasteiger partial charge in [0.05, 0.1) is 6.54 Å². The molecule has 3 rings (SSSR count). The van der Waals surface area contributed by atoms with Gasteiger partial charge in [0.25, 0.3) is 0 Å². The first-order valence-electron chi connectivity index (χ1n) is 8.74. The predicted molar refractivity (Wildman–Crippen MR) is 99.2 cm³/mol. The topological polar surface area (TPSA) is 58.6 Å². The van der Waals surface area contributed by atoms with Crippen LogP contribution in [-0.2, 0) is 22.6 Å². The van der Waals surface area contributed by atoms with Crippen molar-refractivity contribution in [1.82, 2.24) is 10.2 Å². The molecule has 0 aliphatic carbocycles. The van der Waals surface area contributed by atoms with Crippen molar-refractivity contribution >= 4 is 12.0 Å². The van der Waals surface area contributed by atoms with E-state index in [0.29, 0.717) is 13.1 Å². The smallest absolute Gasteiger partial charge is 0.411 e. The summed E-state index contributed by atoms with van der Waals surface area (Å²) in [4.78, 5) is 27.0. The second-order valence-electron chi connectivity index (χ2n) is 7.41. The Hall–Kier alpha value is -2.82. The van der Waals surface area contributed by atoms with Gasteiger partial charge in [-0.15, -0.1) is 0 Å². The van der Waals surface area contributed by atoms with Crippen LogP contribution in [0.15, 0.2) is 54.6 Å². The monoisotopic (exact) mass is 352 g/mol. The summed E-state index contributed by atoms with van der Waals surface area (Å²) in [6, 6.07) is 16.7. The highest BCUT2D eigenvalue weighted by molar-refractivity contribution is 5.88. The van der Waals surface area contributed by atoms with Crippen molar-refractivity contribution in [3.8, 4) is 0 Å². The highest BCUT2D eigenvalue weighted by Crippen LogP contribution is 2.35. The summed E-state index contributed by atoms with van der Waals surface area (Å²) in [5.74, 6) is -0.204. The van der Waals surface area contributed by atoms with Gasteiger partial charge in [0.15, 0.2) is 0 Å². The van der Waals surface area contributed by atoms with Crippen molar-refractivity contribution < 1.29 is 14.3 Å². The number of hydrogen-bond acceptors (Lipinski definition) is 3. The second kappa shape index (κ2) is 7.20. The fourth-order valence-electron chi connectivity index (χ4n) is 3.04. The lowest BCUT2D eigenvalue weighted by Crippen LogP contribution is -2.42. The number of nitrogens with zero attached hydrogens (tertiary/aromatic N) is 1. The van der Waals surface area contributed by atoms with E-state index in [1.54, 1.807) is 0 Å². The summed E-state index contributed by atoms with van der Waals surface area (Å²) in [5, 5.41) is 2.94. The number of hydrogen-bond donors (Lipinski definition) is 1. The van der Waals surface area contributed by atoms with Crippen LogP contribution in [0.4, 0.5) is 4.79 Å². The van der Waals surface area contributed by atoms with Gasteiger partial charge in [-0.2, -0.15) is 0 Å². The minimum absolute atomic E-state index is 0.204. The number of rotatable bonds is 3. The molecule has 1 heterocycles. The number of carbonyl (C=O) groups excluding carboxylic acids is 2. The van der Waals surface area contributed by atoms with Crippen molar-refractivity contribution in [3.05, 3.63) is 71.3 Å². The van der Waals surface area contributed by atoms with Crippen LogP contribution >= 0.6 is 0 Å². The first kappa shape index (κ1) is 18.0. The molecule has 1 N–H and O–H groups in total. The van der Waals surface area contributed by atoms with Gasteiger partial charge in [0.2, 0.25) is 5.91 Å². The largest absolute Gasteiger partial charge is 0.444 e. The zero-order valence-electron chi connectivity index (χ0n) is 15.4. The standard InChI is InChI=1S/C21H24N2O3/c1-21(2,3)26-20(25)23-14-16-11-7-8-12-17(16)18(23)19(24)22-13-15-9-5-4-6-10-15/h4-12,18H,13-14H2,1-3H3,(H,22,24). The SMILES string of the molecule is CC(C)(C)OC(=O)N1Cc2ccccc2C1C(=O)NCc1ccccc1. The number of fused-ring (bicyclic) bond motifs is 1. The first-order chi connectivity index (χ1) is 12.3. The van der Waals surface area contributed by atoms with Crippen molar-refractivity contribution in [1.29, 1.82) is 0 Å². The Morgan fingerprint density at radius 3 is 2.42 bits per heavy atom. The number of amides is 2. The molecule has 136 valence electrons. The predicted octanol–water partition coefficient (Wildman–Crippen LogP) is 3.79.